The summed E-state index contributed by atoms with van der Waals surface area (Å²) in [5, 5.41) is 4.85. The van der Waals surface area contributed by atoms with Crippen molar-refractivity contribution in [3.8, 4) is 0 Å². The maximum Gasteiger partial charge on any atom is 0.0979 e. The van der Waals surface area contributed by atoms with Crippen molar-refractivity contribution >= 4 is 65.7 Å². The van der Waals surface area contributed by atoms with Gasteiger partial charge in [0.1, 0.15) is 0 Å². The highest BCUT2D eigenvalue weighted by molar-refractivity contribution is 6.24. The number of hydrogen-bond acceptors (Lipinski definition) is 4. The van der Waals surface area contributed by atoms with E-state index in [1.807, 2.05) is 36.4 Å². The summed E-state index contributed by atoms with van der Waals surface area (Å²) in [4.78, 5) is 20.1. The van der Waals surface area contributed by atoms with Crippen LogP contribution in [0.5, 0.6) is 0 Å². The second-order valence-corrected chi connectivity index (χ2v) is 9.72. The molecule has 36 heavy (non-hydrogen) atoms. The Bertz CT molecular complexity index is 1830. The number of benzene rings is 5. The molecule has 0 aliphatic carbocycles. The van der Waals surface area contributed by atoms with Crippen LogP contribution in [-0.2, 0) is 12.8 Å². The molecule has 0 amide bonds. The van der Waals surface area contributed by atoms with Gasteiger partial charge in [-0.05, 0) is 59.0 Å². The SMILES string of the molecule is CCCc1ccc2c(c1)c1cc(CCC)ccc1c1nc3cc4nc5ccccc5nc4cc3nc21. The Balaban J connectivity index is 1.60. The molecule has 4 nitrogen and oxygen atoms in total. The van der Waals surface area contributed by atoms with Crippen LogP contribution >= 0.6 is 0 Å². The molecule has 0 bridgehead atoms. The maximum absolute atomic E-state index is 5.19. The molecule has 7 rings (SSSR count). The molecule has 0 spiro atoms. The Morgan fingerprint density at radius 3 is 1.33 bits per heavy atom. The largest absolute Gasteiger partial charge is 0.244 e. The fourth-order valence-electron chi connectivity index (χ4n) is 5.48. The topological polar surface area (TPSA) is 51.6 Å². The normalized spacial score (nSPS) is 12.1. The quantitative estimate of drug-likeness (QED) is 0.194. The summed E-state index contributed by atoms with van der Waals surface area (Å²) in [7, 11) is 0. The molecular formula is C32H26N4. The van der Waals surface area contributed by atoms with Gasteiger partial charge in [0, 0.05) is 10.8 Å². The third-order valence-corrected chi connectivity index (χ3v) is 7.17. The van der Waals surface area contributed by atoms with Crippen molar-refractivity contribution in [1.82, 2.24) is 19.9 Å². The van der Waals surface area contributed by atoms with Crippen molar-refractivity contribution in [2.75, 3.05) is 0 Å². The minimum atomic E-state index is 0.842. The first-order valence-electron chi connectivity index (χ1n) is 12.9. The van der Waals surface area contributed by atoms with Gasteiger partial charge in [0.2, 0.25) is 0 Å². The van der Waals surface area contributed by atoms with Crippen LogP contribution in [0.4, 0.5) is 0 Å². The predicted octanol–water partition coefficient (Wildman–Crippen LogP) is 8.09. The third kappa shape index (κ3) is 3.29. The summed E-state index contributed by atoms with van der Waals surface area (Å²) in [6.45, 7) is 4.46. The molecule has 174 valence electrons. The smallest absolute Gasteiger partial charge is 0.0979 e. The Morgan fingerprint density at radius 2 is 0.889 bits per heavy atom. The van der Waals surface area contributed by atoms with Gasteiger partial charge in [0.15, 0.2) is 0 Å². The van der Waals surface area contributed by atoms with E-state index in [1.54, 1.807) is 0 Å². The first kappa shape index (κ1) is 21.1. The van der Waals surface area contributed by atoms with Crippen LogP contribution in [0, 0.1) is 0 Å². The average molecular weight is 467 g/mol. The van der Waals surface area contributed by atoms with E-state index in [4.69, 9.17) is 19.9 Å². The van der Waals surface area contributed by atoms with E-state index in [0.29, 0.717) is 0 Å². The summed E-state index contributed by atoms with van der Waals surface area (Å²) < 4.78 is 0. The van der Waals surface area contributed by atoms with Crippen LogP contribution in [0.1, 0.15) is 37.8 Å². The van der Waals surface area contributed by atoms with Gasteiger partial charge in [-0.3, -0.25) is 0 Å². The number of nitrogens with zero attached hydrogens (tertiary/aromatic N) is 4. The molecule has 5 aromatic carbocycles. The molecule has 0 unspecified atom stereocenters. The second-order valence-electron chi connectivity index (χ2n) is 9.72. The van der Waals surface area contributed by atoms with E-state index >= 15 is 0 Å². The van der Waals surface area contributed by atoms with E-state index in [9.17, 15) is 0 Å². The highest BCUT2D eigenvalue weighted by Crippen LogP contribution is 2.36. The van der Waals surface area contributed by atoms with Crippen molar-refractivity contribution in [3.05, 3.63) is 83.9 Å². The predicted molar refractivity (Wildman–Crippen MR) is 151 cm³/mol. The number of hydrogen-bond donors (Lipinski definition) is 0. The molecule has 0 radical (unpaired) electrons. The van der Waals surface area contributed by atoms with Gasteiger partial charge in [-0.1, -0.05) is 75.2 Å². The number of para-hydroxylation sites is 2. The van der Waals surface area contributed by atoms with Crippen LogP contribution in [-0.4, -0.2) is 19.9 Å². The minimum Gasteiger partial charge on any atom is -0.244 e. The number of aromatic nitrogens is 4. The molecule has 4 heteroatoms. The molecule has 2 heterocycles. The van der Waals surface area contributed by atoms with Crippen LogP contribution in [0.25, 0.3) is 65.7 Å². The molecule has 0 aliphatic heterocycles. The summed E-state index contributed by atoms with van der Waals surface area (Å²) in [6, 6.07) is 25.7. The first-order valence-corrected chi connectivity index (χ1v) is 12.9. The van der Waals surface area contributed by atoms with Crippen LogP contribution in [0.15, 0.2) is 72.8 Å². The van der Waals surface area contributed by atoms with Gasteiger partial charge in [-0.2, -0.15) is 0 Å². The standard InChI is InChI=1S/C32H26N4/c1-3-7-19-11-13-21-23(15-19)24-16-20(8-4-2)12-14-22(24)32-31(21)35-29-17-27-28(18-30(29)36-32)34-26-10-6-5-9-25(26)33-27/h5-6,9-18H,3-4,7-8H2,1-2H3. The van der Waals surface area contributed by atoms with E-state index in [1.165, 1.54) is 21.9 Å². The number of rotatable bonds is 4. The van der Waals surface area contributed by atoms with Gasteiger partial charge in [0.25, 0.3) is 0 Å². The lowest BCUT2D eigenvalue weighted by molar-refractivity contribution is 0.923. The van der Waals surface area contributed by atoms with Crippen LogP contribution < -0.4 is 0 Å². The molecular weight excluding hydrogens is 440 g/mol. The van der Waals surface area contributed by atoms with Crippen LogP contribution in [0.2, 0.25) is 0 Å². The van der Waals surface area contributed by atoms with Gasteiger partial charge < -0.3 is 0 Å². The number of fused-ring (bicyclic) bond motifs is 9. The van der Waals surface area contributed by atoms with Crippen molar-refractivity contribution in [2.45, 2.75) is 39.5 Å². The summed E-state index contributed by atoms with van der Waals surface area (Å²) in [6.07, 6.45) is 4.41. The second kappa shape index (κ2) is 8.20. The van der Waals surface area contributed by atoms with E-state index in [2.05, 4.69) is 50.2 Å². The van der Waals surface area contributed by atoms with Gasteiger partial charge >= 0.3 is 0 Å². The first-order chi connectivity index (χ1) is 17.7. The minimum absolute atomic E-state index is 0.842. The molecule has 0 saturated heterocycles. The average Bonchev–Trinajstić information content (AvgIpc) is 2.90. The van der Waals surface area contributed by atoms with Gasteiger partial charge in [-0.25, -0.2) is 19.9 Å². The van der Waals surface area contributed by atoms with Crippen molar-refractivity contribution in [2.24, 2.45) is 0 Å². The molecule has 0 atom stereocenters. The highest BCUT2D eigenvalue weighted by Gasteiger charge is 2.15. The van der Waals surface area contributed by atoms with Crippen molar-refractivity contribution < 1.29 is 0 Å². The summed E-state index contributed by atoms with van der Waals surface area (Å²) in [5.41, 5.74) is 9.79. The van der Waals surface area contributed by atoms with Crippen molar-refractivity contribution in [3.63, 3.8) is 0 Å². The molecule has 0 aliphatic rings. The maximum atomic E-state index is 5.19. The molecule has 0 fully saturated rings. The van der Waals surface area contributed by atoms with E-state index in [-0.39, 0.29) is 0 Å². The molecule has 0 saturated carbocycles. The molecule has 0 N–H and O–H groups in total. The zero-order valence-electron chi connectivity index (χ0n) is 20.5. The van der Waals surface area contributed by atoms with E-state index < -0.39 is 0 Å². The molecule has 7 aromatic rings. The van der Waals surface area contributed by atoms with Crippen molar-refractivity contribution in [1.29, 1.82) is 0 Å². The lowest BCUT2D eigenvalue weighted by Crippen LogP contribution is -1.95. The summed E-state index contributed by atoms with van der Waals surface area (Å²) >= 11 is 0. The summed E-state index contributed by atoms with van der Waals surface area (Å²) in [5.74, 6) is 0. The Morgan fingerprint density at radius 1 is 0.444 bits per heavy atom. The van der Waals surface area contributed by atoms with Gasteiger partial charge in [-0.15, -0.1) is 0 Å². The molecule has 2 aromatic heterocycles. The zero-order valence-corrected chi connectivity index (χ0v) is 20.5. The Kier molecular flexibility index (Phi) is 4.81. The lowest BCUT2D eigenvalue weighted by Gasteiger charge is -2.13. The number of aryl methyl sites for hydroxylation is 2. The monoisotopic (exact) mass is 466 g/mol. The highest BCUT2D eigenvalue weighted by atomic mass is 14.8. The third-order valence-electron chi connectivity index (χ3n) is 7.17. The van der Waals surface area contributed by atoms with Crippen LogP contribution in [0.3, 0.4) is 0 Å². The van der Waals surface area contributed by atoms with Gasteiger partial charge in [0.05, 0.1) is 44.1 Å². The zero-order chi connectivity index (χ0) is 24.2. The Hall–Kier alpha value is -4.18. The Labute approximate surface area is 209 Å². The fourth-order valence-corrected chi connectivity index (χ4v) is 5.48. The fraction of sp³-hybridized carbons (Fsp3) is 0.188. The lowest BCUT2D eigenvalue weighted by atomic mass is 9.94. The van der Waals surface area contributed by atoms with E-state index in [0.717, 1.165) is 80.6 Å².